The highest BCUT2D eigenvalue weighted by Crippen LogP contribution is 1.72. The number of rotatable bonds is 3. The van der Waals surface area contributed by atoms with Crippen LogP contribution in [0.2, 0.25) is 0 Å². The Labute approximate surface area is 50.3 Å². The predicted octanol–water partition coefficient (Wildman–Crippen LogP) is 1.86. The molecule has 8 heavy (non-hydrogen) atoms. The van der Waals surface area contributed by atoms with Crippen molar-refractivity contribution >= 4 is 12.4 Å². The van der Waals surface area contributed by atoms with Gasteiger partial charge in [0, 0.05) is 12.4 Å². The second-order valence-corrected chi connectivity index (χ2v) is 1.41. The molecule has 2 heteroatoms. The summed E-state index contributed by atoms with van der Waals surface area (Å²) >= 11 is 0. The molecule has 0 aliphatic carbocycles. The summed E-state index contributed by atoms with van der Waals surface area (Å²) in [6.07, 6.45) is 5.49. The molecule has 0 heterocycles. The minimum Gasteiger partial charge on any atom is -0.164 e. The largest absolute Gasteiger partial charge is 0.164 e. The third-order valence-electron chi connectivity index (χ3n) is 0.595. The topological polar surface area (TPSA) is 24.7 Å². The summed E-state index contributed by atoms with van der Waals surface area (Å²) in [5.41, 5.74) is 0. The van der Waals surface area contributed by atoms with E-state index in [1.807, 2.05) is 13.8 Å². The van der Waals surface area contributed by atoms with Gasteiger partial charge in [0.05, 0.1) is 0 Å². The van der Waals surface area contributed by atoms with Crippen molar-refractivity contribution in [3.63, 3.8) is 0 Å². The molecule has 0 atom stereocenters. The quantitative estimate of drug-likeness (QED) is 0.393. The molecule has 0 unspecified atom stereocenters. The summed E-state index contributed by atoms with van der Waals surface area (Å²) in [6, 6.07) is 0. The van der Waals surface area contributed by atoms with Crippen LogP contribution in [0.15, 0.2) is 10.2 Å². The van der Waals surface area contributed by atoms with Crippen LogP contribution in [0.25, 0.3) is 0 Å². The molecule has 46 valence electrons. The van der Waals surface area contributed by atoms with Crippen molar-refractivity contribution in [2.24, 2.45) is 10.2 Å². The maximum Gasteiger partial charge on any atom is 0.0267 e. The maximum absolute atomic E-state index is 3.72. The van der Waals surface area contributed by atoms with Gasteiger partial charge in [-0.1, -0.05) is 13.8 Å². The van der Waals surface area contributed by atoms with Gasteiger partial charge < -0.3 is 0 Å². The van der Waals surface area contributed by atoms with E-state index in [0.717, 1.165) is 12.8 Å². The van der Waals surface area contributed by atoms with Crippen molar-refractivity contribution in [1.82, 2.24) is 0 Å². The minimum absolute atomic E-state index is 0.959. The zero-order valence-electron chi connectivity index (χ0n) is 5.46. The summed E-state index contributed by atoms with van der Waals surface area (Å²) in [6.45, 7) is 4.07. The summed E-state index contributed by atoms with van der Waals surface area (Å²) in [4.78, 5) is 0. The normalized spacial score (nSPS) is 11.8. The average Bonchev–Trinajstić information content (AvgIpc) is 1.81. The van der Waals surface area contributed by atoms with Gasteiger partial charge in [0.1, 0.15) is 0 Å². The standard InChI is InChI=1S/C6H12N2/c1-3-5-7-8-6-4-2/h5-6H,3-4H2,1-2H3/b7-5-,8-6-. The van der Waals surface area contributed by atoms with Gasteiger partial charge in [0.25, 0.3) is 0 Å². The Morgan fingerprint density at radius 1 is 1.00 bits per heavy atom. The van der Waals surface area contributed by atoms with Crippen LogP contribution in [0.4, 0.5) is 0 Å². The van der Waals surface area contributed by atoms with Gasteiger partial charge in [-0.05, 0) is 12.8 Å². The van der Waals surface area contributed by atoms with Crippen molar-refractivity contribution in [2.75, 3.05) is 0 Å². The highest BCUT2D eigenvalue weighted by molar-refractivity contribution is 5.60. The first-order valence-corrected chi connectivity index (χ1v) is 2.95. The van der Waals surface area contributed by atoms with Crippen LogP contribution in [-0.4, -0.2) is 12.4 Å². The second-order valence-electron chi connectivity index (χ2n) is 1.41. The molecule has 0 aromatic heterocycles. The first-order valence-electron chi connectivity index (χ1n) is 2.95. The van der Waals surface area contributed by atoms with Crippen LogP contribution in [0.1, 0.15) is 26.7 Å². The lowest BCUT2D eigenvalue weighted by atomic mass is 10.5. The van der Waals surface area contributed by atoms with Gasteiger partial charge in [-0.2, -0.15) is 10.2 Å². The van der Waals surface area contributed by atoms with Crippen LogP contribution in [0, 0.1) is 0 Å². The van der Waals surface area contributed by atoms with E-state index in [2.05, 4.69) is 10.2 Å². The second kappa shape index (κ2) is 6.34. The molecule has 2 nitrogen and oxygen atoms in total. The summed E-state index contributed by atoms with van der Waals surface area (Å²) in [7, 11) is 0. The van der Waals surface area contributed by atoms with Crippen molar-refractivity contribution < 1.29 is 0 Å². The molecule has 0 aliphatic heterocycles. The average molecular weight is 112 g/mol. The van der Waals surface area contributed by atoms with E-state index in [1.165, 1.54) is 0 Å². The minimum atomic E-state index is 0.959. The molecule has 0 saturated carbocycles. The third kappa shape index (κ3) is 5.34. The van der Waals surface area contributed by atoms with Gasteiger partial charge >= 0.3 is 0 Å². The summed E-state index contributed by atoms with van der Waals surface area (Å²) in [5.74, 6) is 0. The lowest BCUT2D eigenvalue weighted by Gasteiger charge is -1.74. The zero-order chi connectivity index (χ0) is 6.24. The van der Waals surface area contributed by atoms with Gasteiger partial charge in [-0.3, -0.25) is 0 Å². The highest BCUT2D eigenvalue weighted by atomic mass is 15.2. The Kier molecular flexibility index (Phi) is 5.82. The van der Waals surface area contributed by atoms with Crippen LogP contribution in [0.5, 0.6) is 0 Å². The first-order chi connectivity index (χ1) is 3.91. The van der Waals surface area contributed by atoms with Crippen LogP contribution in [0.3, 0.4) is 0 Å². The smallest absolute Gasteiger partial charge is 0.0267 e. The molecule has 0 saturated heterocycles. The van der Waals surface area contributed by atoms with Gasteiger partial charge in [-0.15, -0.1) is 0 Å². The summed E-state index contributed by atoms with van der Waals surface area (Å²) in [5, 5.41) is 7.45. The molecular weight excluding hydrogens is 100 g/mol. The van der Waals surface area contributed by atoms with Crippen LogP contribution >= 0.6 is 0 Å². The third-order valence-corrected chi connectivity index (χ3v) is 0.595. The van der Waals surface area contributed by atoms with Crippen molar-refractivity contribution in [3.8, 4) is 0 Å². The van der Waals surface area contributed by atoms with Crippen molar-refractivity contribution in [1.29, 1.82) is 0 Å². The molecule has 0 aliphatic rings. The molecule has 0 rings (SSSR count). The van der Waals surface area contributed by atoms with Gasteiger partial charge in [-0.25, -0.2) is 0 Å². The Bertz CT molecular complexity index is 72.5. The first kappa shape index (κ1) is 7.34. The fourth-order valence-electron chi connectivity index (χ4n) is 0.258. The Morgan fingerprint density at radius 2 is 1.38 bits per heavy atom. The number of hydrogen-bond acceptors (Lipinski definition) is 2. The molecule has 0 bridgehead atoms. The van der Waals surface area contributed by atoms with E-state index in [0.29, 0.717) is 0 Å². The van der Waals surface area contributed by atoms with Crippen molar-refractivity contribution in [3.05, 3.63) is 0 Å². The number of hydrogen-bond donors (Lipinski definition) is 0. The fourth-order valence-corrected chi connectivity index (χ4v) is 0.258. The van der Waals surface area contributed by atoms with Crippen molar-refractivity contribution in [2.45, 2.75) is 26.7 Å². The zero-order valence-corrected chi connectivity index (χ0v) is 5.46. The number of nitrogens with zero attached hydrogens (tertiary/aromatic N) is 2. The molecule has 0 aromatic carbocycles. The highest BCUT2D eigenvalue weighted by Gasteiger charge is 1.63. The predicted molar refractivity (Wildman–Crippen MR) is 37.6 cm³/mol. The SMILES string of the molecule is CC/C=N\N=C/CC. The van der Waals surface area contributed by atoms with E-state index in [9.17, 15) is 0 Å². The van der Waals surface area contributed by atoms with E-state index in [1.54, 1.807) is 12.4 Å². The molecule has 0 spiro atoms. The van der Waals surface area contributed by atoms with E-state index < -0.39 is 0 Å². The maximum atomic E-state index is 3.72. The van der Waals surface area contributed by atoms with E-state index in [4.69, 9.17) is 0 Å². The molecule has 0 aromatic rings. The fraction of sp³-hybridized carbons (Fsp3) is 0.667. The Morgan fingerprint density at radius 3 is 1.62 bits per heavy atom. The van der Waals surface area contributed by atoms with Crippen LogP contribution < -0.4 is 0 Å². The van der Waals surface area contributed by atoms with E-state index in [-0.39, 0.29) is 0 Å². The molecule has 0 radical (unpaired) electrons. The van der Waals surface area contributed by atoms with Gasteiger partial charge in [0.2, 0.25) is 0 Å². The Hall–Kier alpha value is -0.660. The molecular formula is C6H12N2. The lowest BCUT2D eigenvalue weighted by molar-refractivity contribution is 1.18. The van der Waals surface area contributed by atoms with E-state index >= 15 is 0 Å². The van der Waals surface area contributed by atoms with Crippen LogP contribution in [-0.2, 0) is 0 Å². The Balaban J connectivity index is 3.13. The summed E-state index contributed by atoms with van der Waals surface area (Å²) < 4.78 is 0. The lowest BCUT2D eigenvalue weighted by Crippen LogP contribution is -1.66. The molecule has 0 fully saturated rings. The molecule has 0 N–H and O–H groups in total. The monoisotopic (exact) mass is 112 g/mol. The molecule has 0 amide bonds. The van der Waals surface area contributed by atoms with Gasteiger partial charge in [0.15, 0.2) is 0 Å².